The fraction of sp³-hybridized carbons (Fsp3) is 0.533. The average Bonchev–Trinajstić information content (AvgIpc) is 2.42. The molecule has 0 bridgehead atoms. The molecule has 0 amide bonds. The summed E-state index contributed by atoms with van der Waals surface area (Å²) in [6, 6.07) is 1.72. The molecule has 1 saturated heterocycles. The monoisotopic (exact) mass is 277 g/mol. The van der Waals surface area contributed by atoms with Crippen molar-refractivity contribution in [1.29, 1.82) is 0 Å². The van der Waals surface area contributed by atoms with E-state index in [0.29, 0.717) is 16.4 Å². The first-order valence-corrected chi connectivity index (χ1v) is 7.26. The number of aromatic nitrogens is 1. The second-order valence-corrected chi connectivity index (χ2v) is 5.27. The Balaban J connectivity index is 1.78. The van der Waals surface area contributed by atoms with E-state index in [4.69, 9.17) is 17.3 Å². The lowest BCUT2D eigenvalue weighted by Gasteiger charge is -2.25. The van der Waals surface area contributed by atoms with Crippen molar-refractivity contribution in [2.24, 2.45) is 0 Å². The van der Waals surface area contributed by atoms with E-state index in [1.165, 1.54) is 32.4 Å². The molecule has 2 N–H and O–H groups in total. The largest absolute Gasteiger partial charge is 0.383 e. The molecule has 102 valence electrons. The summed E-state index contributed by atoms with van der Waals surface area (Å²) in [5.41, 5.74) is 6.40. The number of likely N-dealkylation sites (tertiary alicyclic amines) is 1. The third kappa shape index (κ3) is 4.41. The maximum Gasteiger partial charge on any atom is 0.140 e. The zero-order chi connectivity index (χ0) is 13.5. The molecule has 0 spiro atoms. The van der Waals surface area contributed by atoms with Crippen LogP contribution < -0.4 is 5.73 Å². The zero-order valence-corrected chi connectivity index (χ0v) is 11.9. The molecule has 0 atom stereocenters. The van der Waals surface area contributed by atoms with Gasteiger partial charge in [0.15, 0.2) is 0 Å². The number of nitrogen functional groups attached to an aromatic ring is 1. The van der Waals surface area contributed by atoms with Gasteiger partial charge in [-0.2, -0.15) is 0 Å². The van der Waals surface area contributed by atoms with Gasteiger partial charge in [0, 0.05) is 12.6 Å². The highest BCUT2D eigenvalue weighted by atomic mass is 35.5. The van der Waals surface area contributed by atoms with Crippen molar-refractivity contribution >= 4 is 17.4 Å². The number of nitrogens with zero attached hydrogens (tertiary/aromatic N) is 2. The Morgan fingerprint density at radius 1 is 1.32 bits per heavy atom. The fourth-order valence-corrected chi connectivity index (χ4v) is 2.50. The topological polar surface area (TPSA) is 42.1 Å². The van der Waals surface area contributed by atoms with E-state index in [1.54, 1.807) is 12.3 Å². The number of rotatable bonds is 3. The van der Waals surface area contributed by atoms with E-state index in [-0.39, 0.29) is 0 Å². The Hall–Kier alpha value is -1.24. The summed E-state index contributed by atoms with van der Waals surface area (Å²) >= 11 is 6.03. The third-order valence-corrected chi connectivity index (χ3v) is 3.68. The minimum absolute atomic E-state index is 0.413. The van der Waals surface area contributed by atoms with Gasteiger partial charge >= 0.3 is 0 Å². The number of halogens is 1. The number of nitrogens with two attached hydrogens (primary N) is 1. The first-order chi connectivity index (χ1) is 9.27. The Bertz CT molecular complexity index is 450. The Kier molecular flexibility index (Phi) is 5.50. The number of anilines is 1. The number of unbranched alkanes of at least 4 members (excludes halogenated alkanes) is 1. The van der Waals surface area contributed by atoms with E-state index in [2.05, 4.69) is 21.7 Å². The van der Waals surface area contributed by atoms with Crippen molar-refractivity contribution in [3.05, 3.63) is 22.8 Å². The van der Waals surface area contributed by atoms with Crippen molar-refractivity contribution in [3.63, 3.8) is 0 Å². The molecule has 1 aliphatic heterocycles. The quantitative estimate of drug-likeness (QED) is 0.682. The van der Waals surface area contributed by atoms with Crippen LogP contribution in [0, 0.1) is 11.8 Å². The van der Waals surface area contributed by atoms with E-state index < -0.39 is 0 Å². The molecule has 3 nitrogen and oxygen atoms in total. The summed E-state index contributed by atoms with van der Waals surface area (Å²) < 4.78 is 0. The van der Waals surface area contributed by atoms with E-state index in [0.717, 1.165) is 19.4 Å². The molecule has 19 heavy (non-hydrogen) atoms. The van der Waals surface area contributed by atoms with Crippen LogP contribution in [0.2, 0.25) is 5.02 Å². The van der Waals surface area contributed by atoms with Crippen LogP contribution in [0.1, 0.15) is 37.7 Å². The SMILES string of the molecule is Nc1nccc(Cl)c1C#CCCCN1CCCCC1. The molecule has 0 unspecified atom stereocenters. The highest BCUT2D eigenvalue weighted by Gasteiger charge is 2.08. The van der Waals surface area contributed by atoms with Gasteiger partial charge in [-0.25, -0.2) is 4.98 Å². The maximum atomic E-state index is 6.03. The number of piperidine rings is 1. The molecule has 2 rings (SSSR count). The molecule has 1 aromatic rings. The zero-order valence-electron chi connectivity index (χ0n) is 11.2. The minimum atomic E-state index is 0.413. The molecule has 0 aliphatic carbocycles. The Morgan fingerprint density at radius 3 is 2.84 bits per heavy atom. The summed E-state index contributed by atoms with van der Waals surface area (Å²) in [6.07, 6.45) is 7.64. The molecule has 0 saturated carbocycles. The van der Waals surface area contributed by atoms with Crippen molar-refractivity contribution < 1.29 is 0 Å². The smallest absolute Gasteiger partial charge is 0.140 e. The molecule has 0 aromatic carbocycles. The summed E-state index contributed by atoms with van der Waals surface area (Å²) in [7, 11) is 0. The van der Waals surface area contributed by atoms with Crippen LogP contribution in [0.5, 0.6) is 0 Å². The molecule has 1 fully saturated rings. The van der Waals surface area contributed by atoms with Crippen molar-refractivity contribution in [2.75, 3.05) is 25.4 Å². The van der Waals surface area contributed by atoms with Crippen LogP contribution >= 0.6 is 11.6 Å². The number of hydrogen-bond donors (Lipinski definition) is 1. The highest BCUT2D eigenvalue weighted by molar-refractivity contribution is 6.32. The van der Waals surface area contributed by atoms with Crippen LogP contribution in [0.15, 0.2) is 12.3 Å². The van der Waals surface area contributed by atoms with Crippen molar-refractivity contribution in [3.8, 4) is 11.8 Å². The van der Waals surface area contributed by atoms with Gasteiger partial charge in [0.25, 0.3) is 0 Å². The predicted octanol–water partition coefficient (Wildman–Crippen LogP) is 2.93. The first kappa shape index (κ1) is 14.2. The normalized spacial score (nSPS) is 15.8. The molecular formula is C15H20ClN3. The van der Waals surface area contributed by atoms with Crippen LogP contribution in [0.25, 0.3) is 0 Å². The lowest BCUT2D eigenvalue weighted by Crippen LogP contribution is -2.30. The van der Waals surface area contributed by atoms with Gasteiger partial charge in [0.05, 0.1) is 10.6 Å². The molecule has 0 radical (unpaired) electrons. The number of hydrogen-bond acceptors (Lipinski definition) is 3. The molecular weight excluding hydrogens is 258 g/mol. The molecule has 1 aliphatic rings. The minimum Gasteiger partial charge on any atom is -0.383 e. The molecule has 4 heteroatoms. The summed E-state index contributed by atoms with van der Waals surface area (Å²) in [6.45, 7) is 3.63. The summed E-state index contributed by atoms with van der Waals surface area (Å²) in [4.78, 5) is 6.52. The van der Waals surface area contributed by atoms with E-state index >= 15 is 0 Å². The van der Waals surface area contributed by atoms with Crippen molar-refractivity contribution in [2.45, 2.75) is 32.1 Å². The van der Waals surface area contributed by atoms with Gasteiger partial charge in [-0.05, 0) is 45.0 Å². The van der Waals surface area contributed by atoms with E-state index in [1.807, 2.05) is 0 Å². The van der Waals surface area contributed by atoms with Crippen LogP contribution in [-0.4, -0.2) is 29.5 Å². The van der Waals surface area contributed by atoms with Gasteiger partial charge < -0.3 is 10.6 Å². The second kappa shape index (κ2) is 7.37. The maximum absolute atomic E-state index is 6.03. The summed E-state index contributed by atoms with van der Waals surface area (Å²) in [5, 5.41) is 0.580. The lowest BCUT2D eigenvalue weighted by molar-refractivity contribution is 0.227. The second-order valence-electron chi connectivity index (χ2n) is 4.86. The standard InChI is InChI=1S/C15H20ClN3/c16-14-8-9-18-15(17)13(14)7-3-1-4-10-19-11-5-2-6-12-19/h8-9H,1-2,4-6,10-12H2,(H2,17,18). The van der Waals surface area contributed by atoms with Gasteiger partial charge in [-0.3, -0.25) is 0 Å². The molecule has 1 aromatic heterocycles. The summed E-state index contributed by atoms with van der Waals surface area (Å²) in [5.74, 6) is 6.59. The number of pyridine rings is 1. The third-order valence-electron chi connectivity index (χ3n) is 3.37. The van der Waals surface area contributed by atoms with Gasteiger partial charge in [0.1, 0.15) is 5.82 Å². The van der Waals surface area contributed by atoms with E-state index in [9.17, 15) is 0 Å². The van der Waals surface area contributed by atoms with Crippen molar-refractivity contribution in [1.82, 2.24) is 9.88 Å². The average molecular weight is 278 g/mol. The van der Waals surface area contributed by atoms with Gasteiger partial charge in [-0.15, -0.1) is 0 Å². The fourth-order valence-electron chi connectivity index (χ4n) is 2.30. The highest BCUT2D eigenvalue weighted by Crippen LogP contribution is 2.18. The Morgan fingerprint density at radius 2 is 2.11 bits per heavy atom. The van der Waals surface area contributed by atoms with Gasteiger partial charge in [-0.1, -0.05) is 29.9 Å². The lowest BCUT2D eigenvalue weighted by atomic mass is 10.1. The first-order valence-electron chi connectivity index (χ1n) is 6.88. The van der Waals surface area contributed by atoms with Crippen LogP contribution in [-0.2, 0) is 0 Å². The van der Waals surface area contributed by atoms with Crippen LogP contribution in [0.4, 0.5) is 5.82 Å². The predicted molar refractivity (Wildman–Crippen MR) is 80.1 cm³/mol. The van der Waals surface area contributed by atoms with Gasteiger partial charge in [0.2, 0.25) is 0 Å². The molecule has 2 heterocycles. The van der Waals surface area contributed by atoms with Crippen LogP contribution in [0.3, 0.4) is 0 Å². The Labute approximate surface area is 120 Å².